The van der Waals surface area contributed by atoms with Crippen LogP contribution in [0.25, 0.3) is 0 Å². The van der Waals surface area contributed by atoms with Gasteiger partial charge in [-0.15, -0.1) is 0 Å². The Labute approximate surface area is 138 Å². The number of carbonyl (C=O) groups excluding carboxylic acids is 3. The first-order valence-corrected chi connectivity index (χ1v) is 7.58. The number of amides is 4. The highest BCUT2D eigenvalue weighted by molar-refractivity contribution is 6.44. The number of benzene rings is 1. The molecular weight excluding hydrogens is 312 g/mol. The normalized spacial score (nSPS) is 16.2. The quantitative estimate of drug-likeness (QED) is 0.612. The number of aryl methyl sites for hydroxylation is 1. The molecule has 8 heteroatoms. The third-order valence-electron chi connectivity index (χ3n) is 3.87. The minimum atomic E-state index is -0.884. The van der Waals surface area contributed by atoms with Crippen molar-refractivity contribution >= 4 is 17.8 Å². The standard InChI is InChI=1S/C16H16N4O4/c1-3-13-17-12(18-24-13)9-19-14(21)15(22)20(16(19)23)10(2)11-7-5-4-6-8-11/h4-8,10H,3,9H2,1-2H3/t10-/m0/s1. The molecule has 1 fully saturated rings. The van der Waals surface area contributed by atoms with E-state index in [1.807, 2.05) is 25.1 Å². The molecule has 2 heterocycles. The Bertz CT molecular complexity index is 786. The Morgan fingerprint density at radius 2 is 1.83 bits per heavy atom. The van der Waals surface area contributed by atoms with Gasteiger partial charge in [-0.1, -0.05) is 42.4 Å². The van der Waals surface area contributed by atoms with E-state index in [0.29, 0.717) is 12.3 Å². The fraction of sp³-hybridized carbons (Fsp3) is 0.312. The van der Waals surface area contributed by atoms with Gasteiger partial charge in [-0.25, -0.2) is 14.6 Å². The van der Waals surface area contributed by atoms with E-state index < -0.39 is 23.9 Å². The van der Waals surface area contributed by atoms with Gasteiger partial charge in [-0.3, -0.25) is 9.59 Å². The number of aromatic nitrogens is 2. The zero-order valence-corrected chi connectivity index (χ0v) is 13.3. The molecule has 0 unspecified atom stereocenters. The van der Waals surface area contributed by atoms with E-state index in [9.17, 15) is 14.4 Å². The van der Waals surface area contributed by atoms with Gasteiger partial charge >= 0.3 is 17.8 Å². The van der Waals surface area contributed by atoms with Gasteiger partial charge in [0.25, 0.3) is 0 Å². The molecule has 24 heavy (non-hydrogen) atoms. The third-order valence-corrected chi connectivity index (χ3v) is 3.87. The first-order chi connectivity index (χ1) is 11.5. The maximum Gasteiger partial charge on any atom is 0.335 e. The van der Waals surface area contributed by atoms with E-state index in [1.165, 1.54) is 0 Å². The number of imide groups is 2. The lowest BCUT2D eigenvalue weighted by Gasteiger charge is -2.22. The highest BCUT2D eigenvalue weighted by Gasteiger charge is 2.47. The molecule has 1 aliphatic heterocycles. The van der Waals surface area contributed by atoms with Crippen molar-refractivity contribution in [2.24, 2.45) is 0 Å². The second kappa shape index (κ2) is 6.23. The fourth-order valence-electron chi connectivity index (χ4n) is 2.52. The molecule has 1 atom stereocenters. The first-order valence-electron chi connectivity index (χ1n) is 7.58. The summed E-state index contributed by atoms with van der Waals surface area (Å²) in [6, 6.07) is 7.82. The van der Waals surface area contributed by atoms with Crippen molar-refractivity contribution in [3.8, 4) is 0 Å². The molecule has 0 radical (unpaired) electrons. The van der Waals surface area contributed by atoms with Gasteiger partial charge < -0.3 is 4.52 Å². The molecule has 0 aliphatic carbocycles. The molecule has 4 amide bonds. The van der Waals surface area contributed by atoms with Crippen LogP contribution in [0.2, 0.25) is 0 Å². The largest absolute Gasteiger partial charge is 0.339 e. The maximum absolute atomic E-state index is 12.5. The SMILES string of the molecule is CCc1nc(CN2C(=O)C(=O)N([C@@H](C)c3ccccc3)C2=O)no1. The maximum atomic E-state index is 12.5. The average molecular weight is 328 g/mol. The summed E-state index contributed by atoms with van der Waals surface area (Å²) >= 11 is 0. The summed E-state index contributed by atoms with van der Waals surface area (Å²) in [4.78, 5) is 42.8. The Balaban J connectivity index is 1.82. The Morgan fingerprint density at radius 1 is 1.12 bits per heavy atom. The number of rotatable bonds is 5. The Morgan fingerprint density at radius 3 is 2.46 bits per heavy atom. The van der Waals surface area contributed by atoms with Gasteiger partial charge in [0, 0.05) is 6.42 Å². The third kappa shape index (κ3) is 2.66. The van der Waals surface area contributed by atoms with Crippen LogP contribution in [0.4, 0.5) is 4.79 Å². The van der Waals surface area contributed by atoms with Crippen LogP contribution in [0.15, 0.2) is 34.9 Å². The number of urea groups is 1. The lowest BCUT2D eigenvalue weighted by Crippen LogP contribution is -2.35. The van der Waals surface area contributed by atoms with Crippen molar-refractivity contribution in [1.82, 2.24) is 19.9 Å². The van der Waals surface area contributed by atoms with Crippen molar-refractivity contribution in [2.75, 3.05) is 0 Å². The second-order valence-electron chi connectivity index (χ2n) is 5.39. The van der Waals surface area contributed by atoms with Crippen molar-refractivity contribution in [1.29, 1.82) is 0 Å². The summed E-state index contributed by atoms with van der Waals surface area (Å²) in [6.07, 6.45) is 0.547. The fourth-order valence-corrected chi connectivity index (χ4v) is 2.52. The number of carbonyl (C=O) groups is 3. The van der Waals surface area contributed by atoms with E-state index >= 15 is 0 Å². The first kappa shape index (κ1) is 15.9. The van der Waals surface area contributed by atoms with Gasteiger partial charge in [0.2, 0.25) is 5.89 Å². The number of nitrogens with zero attached hydrogens (tertiary/aromatic N) is 4. The summed E-state index contributed by atoms with van der Waals surface area (Å²) in [5.74, 6) is -1.14. The summed E-state index contributed by atoms with van der Waals surface area (Å²) in [5.41, 5.74) is 0.765. The molecule has 3 rings (SSSR count). The van der Waals surface area contributed by atoms with Gasteiger partial charge in [0.1, 0.15) is 0 Å². The molecule has 0 bridgehead atoms. The van der Waals surface area contributed by atoms with Crippen LogP contribution in [0, 0.1) is 0 Å². The van der Waals surface area contributed by atoms with E-state index in [4.69, 9.17) is 4.52 Å². The van der Waals surface area contributed by atoms with Crippen molar-refractivity contribution in [2.45, 2.75) is 32.9 Å². The lowest BCUT2D eigenvalue weighted by molar-refractivity contribution is -0.144. The van der Waals surface area contributed by atoms with Gasteiger partial charge in [-0.05, 0) is 12.5 Å². The van der Waals surface area contributed by atoms with Crippen molar-refractivity contribution in [3.63, 3.8) is 0 Å². The summed E-state index contributed by atoms with van der Waals surface area (Å²) in [5, 5.41) is 3.71. The van der Waals surface area contributed by atoms with Crippen LogP contribution in [-0.4, -0.2) is 37.8 Å². The summed E-state index contributed by atoms with van der Waals surface area (Å²) in [6.45, 7) is 3.35. The molecular formula is C16H16N4O4. The number of hydrogen-bond acceptors (Lipinski definition) is 6. The molecule has 0 N–H and O–H groups in total. The van der Waals surface area contributed by atoms with Crippen molar-refractivity contribution < 1.29 is 18.9 Å². The van der Waals surface area contributed by atoms with Gasteiger partial charge in [0.05, 0.1) is 12.6 Å². The van der Waals surface area contributed by atoms with E-state index in [0.717, 1.165) is 15.4 Å². The van der Waals surface area contributed by atoms with E-state index in [1.54, 1.807) is 19.1 Å². The van der Waals surface area contributed by atoms with Crippen LogP contribution in [0.5, 0.6) is 0 Å². The topological polar surface area (TPSA) is 96.6 Å². The Hall–Kier alpha value is -3.03. The van der Waals surface area contributed by atoms with E-state index in [2.05, 4.69) is 10.1 Å². The van der Waals surface area contributed by atoms with Crippen LogP contribution in [0.3, 0.4) is 0 Å². The Kier molecular flexibility index (Phi) is 4.11. The second-order valence-corrected chi connectivity index (χ2v) is 5.39. The summed E-state index contributed by atoms with van der Waals surface area (Å²) in [7, 11) is 0. The lowest BCUT2D eigenvalue weighted by atomic mass is 10.1. The molecule has 124 valence electrons. The molecule has 0 spiro atoms. The van der Waals surface area contributed by atoms with Crippen LogP contribution < -0.4 is 0 Å². The minimum Gasteiger partial charge on any atom is -0.339 e. The average Bonchev–Trinajstić information content (AvgIpc) is 3.14. The smallest absolute Gasteiger partial charge is 0.335 e. The summed E-state index contributed by atoms with van der Waals surface area (Å²) < 4.78 is 4.96. The van der Waals surface area contributed by atoms with Crippen LogP contribution in [0.1, 0.15) is 37.2 Å². The highest BCUT2D eigenvalue weighted by atomic mass is 16.5. The van der Waals surface area contributed by atoms with Gasteiger partial charge in [0.15, 0.2) is 5.82 Å². The zero-order chi connectivity index (χ0) is 17.3. The molecule has 1 aliphatic rings. The molecule has 2 aromatic rings. The molecule has 1 aromatic heterocycles. The minimum absolute atomic E-state index is 0.190. The zero-order valence-electron chi connectivity index (χ0n) is 13.3. The van der Waals surface area contributed by atoms with Crippen LogP contribution in [-0.2, 0) is 22.6 Å². The molecule has 8 nitrogen and oxygen atoms in total. The predicted molar refractivity (Wildman–Crippen MR) is 81.3 cm³/mol. The monoisotopic (exact) mass is 328 g/mol. The molecule has 1 aromatic carbocycles. The molecule has 1 saturated heterocycles. The van der Waals surface area contributed by atoms with Crippen molar-refractivity contribution in [3.05, 3.63) is 47.6 Å². The highest BCUT2D eigenvalue weighted by Crippen LogP contribution is 2.26. The number of hydrogen-bond donors (Lipinski definition) is 0. The molecule has 0 saturated carbocycles. The van der Waals surface area contributed by atoms with Crippen LogP contribution >= 0.6 is 0 Å². The predicted octanol–water partition coefficient (Wildman–Crippen LogP) is 1.68. The van der Waals surface area contributed by atoms with Gasteiger partial charge in [-0.2, -0.15) is 4.98 Å². The van der Waals surface area contributed by atoms with E-state index in [-0.39, 0.29) is 12.4 Å².